The second-order valence-corrected chi connectivity index (χ2v) is 11.5. The minimum absolute atomic E-state index is 0.166. The number of halogens is 2. The predicted octanol–water partition coefficient (Wildman–Crippen LogP) is 4.88. The van der Waals surface area contributed by atoms with Crippen LogP contribution in [-0.4, -0.2) is 13.2 Å². The van der Waals surface area contributed by atoms with Gasteiger partial charge in [0.2, 0.25) is 5.75 Å². The molecular weight excluding hydrogens is 333 g/mol. The highest BCUT2D eigenvalue weighted by Crippen LogP contribution is 2.41. The Labute approximate surface area is 121 Å². The lowest BCUT2D eigenvalue weighted by atomic mass is 10.2. The van der Waals surface area contributed by atoms with Crippen molar-refractivity contribution in [3.8, 4) is 5.75 Å². The first-order valence-electron chi connectivity index (χ1n) is 5.78. The SMILES string of the molecule is CC(C)(C)[Si](C)(C)Oc1c(F)cc(Br)cc1[N+](=O)[O-]. The van der Waals surface area contributed by atoms with Crippen LogP contribution in [0.1, 0.15) is 20.8 Å². The zero-order chi connectivity index (χ0) is 15.0. The average Bonchev–Trinajstić information content (AvgIpc) is 2.19. The maximum atomic E-state index is 14.0. The molecule has 0 heterocycles. The molecule has 0 bridgehead atoms. The highest BCUT2D eigenvalue weighted by molar-refractivity contribution is 9.10. The van der Waals surface area contributed by atoms with E-state index in [4.69, 9.17) is 4.43 Å². The monoisotopic (exact) mass is 349 g/mol. The van der Waals surface area contributed by atoms with E-state index in [1.165, 1.54) is 12.1 Å². The van der Waals surface area contributed by atoms with Gasteiger partial charge in [0.15, 0.2) is 5.82 Å². The van der Waals surface area contributed by atoms with Crippen molar-refractivity contribution in [2.24, 2.45) is 0 Å². The van der Waals surface area contributed by atoms with Gasteiger partial charge >= 0.3 is 5.69 Å². The fraction of sp³-hybridized carbons (Fsp3) is 0.500. The second kappa shape index (κ2) is 5.20. The van der Waals surface area contributed by atoms with E-state index in [1.807, 2.05) is 33.9 Å². The molecule has 0 saturated carbocycles. The summed E-state index contributed by atoms with van der Waals surface area (Å²) in [4.78, 5) is 10.4. The van der Waals surface area contributed by atoms with Crippen molar-refractivity contribution in [2.45, 2.75) is 38.9 Å². The van der Waals surface area contributed by atoms with Crippen molar-refractivity contribution in [1.29, 1.82) is 0 Å². The van der Waals surface area contributed by atoms with Gasteiger partial charge in [-0.05, 0) is 24.2 Å². The van der Waals surface area contributed by atoms with Gasteiger partial charge in [-0.1, -0.05) is 36.7 Å². The van der Waals surface area contributed by atoms with Crippen LogP contribution in [-0.2, 0) is 0 Å². The molecule has 0 aliphatic carbocycles. The van der Waals surface area contributed by atoms with E-state index in [2.05, 4.69) is 15.9 Å². The summed E-state index contributed by atoms with van der Waals surface area (Å²) < 4.78 is 20.0. The van der Waals surface area contributed by atoms with Gasteiger partial charge in [0, 0.05) is 10.5 Å². The van der Waals surface area contributed by atoms with Crippen LogP contribution < -0.4 is 4.43 Å². The van der Waals surface area contributed by atoms with Crippen LogP contribution in [0, 0.1) is 15.9 Å². The smallest absolute Gasteiger partial charge is 0.313 e. The van der Waals surface area contributed by atoms with E-state index in [1.54, 1.807) is 0 Å². The Balaban J connectivity index is 3.32. The van der Waals surface area contributed by atoms with Crippen molar-refractivity contribution in [1.82, 2.24) is 0 Å². The Bertz CT molecular complexity index is 514. The van der Waals surface area contributed by atoms with Crippen molar-refractivity contribution < 1.29 is 13.7 Å². The molecule has 0 spiro atoms. The molecule has 1 aromatic carbocycles. The summed E-state index contributed by atoms with van der Waals surface area (Å²) in [6.07, 6.45) is 0. The van der Waals surface area contributed by atoms with Crippen LogP contribution in [0.4, 0.5) is 10.1 Å². The quantitative estimate of drug-likeness (QED) is 0.443. The van der Waals surface area contributed by atoms with Crippen molar-refractivity contribution in [3.05, 3.63) is 32.5 Å². The Kier molecular flexibility index (Phi) is 4.41. The molecule has 1 rings (SSSR count). The molecule has 0 amide bonds. The maximum absolute atomic E-state index is 14.0. The van der Waals surface area contributed by atoms with Crippen molar-refractivity contribution >= 4 is 29.9 Å². The molecule has 7 heteroatoms. The molecule has 0 aliphatic heterocycles. The number of hydrogen-bond donors (Lipinski definition) is 0. The fourth-order valence-corrected chi connectivity index (χ4v) is 2.63. The largest absolute Gasteiger partial charge is 0.537 e. The Hall–Kier alpha value is -0.953. The third-order valence-electron chi connectivity index (χ3n) is 3.35. The molecule has 0 aliphatic rings. The summed E-state index contributed by atoms with van der Waals surface area (Å²) in [5.41, 5.74) is -0.350. The second-order valence-electron chi connectivity index (χ2n) is 5.86. The number of rotatable bonds is 3. The van der Waals surface area contributed by atoms with E-state index < -0.39 is 19.1 Å². The predicted molar refractivity (Wildman–Crippen MR) is 78.6 cm³/mol. The topological polar surface area (TPSA) is 52.4 Å². The Morgan fingerprint density at radius 3 is 2.32 bits per heavy atom. The molecule has 19 heavy (non-hydrogen) atoms. The fourth-order valence-electron chi connectivity index (χ4n) is 1.19. The highest BCUT2D eigenvalue weighted by Gasteiger charge is 2.41. The summed E-state index contributed by atoms with van der Waals surface area (Å²) in [5, 5.41) is 10.8. The van der Waals surface area contributed by atoms with E-state index >= 15 is 0 Å². The van der Waals surface area contributed by atoms with Crippen LogP contribution in [0.2, 0.25) is 18.1 Å². The lowest BCUT2D eigenvalue weighted by molar-refractivity contribution is -0.385. The number of nitro groups is 1. The van der Waals surface area contributed by atoms with Crippen LogP contribution in [0.5, 0.6) is 5.75 Å². The molecule has 0 saturated heterocycles. The van der Waals surface area contributed by atoms with Gasteiger partial charge in [-0.3, -0.25) is 10.1 Å². The minimum Gasteiger partial charge on any atom is -0.537 e. The van der Waals surface area contributed by atoms with Gasteiger partial charge in [0.1, 0.15) is 0 Å². The van der Waals surface area contributed by atoms with E-state index in [0.717, 1.165) is 0 Å². The highest BCUT2D eigenvalue weighted by atomic mass is 79.9. The van der Waals surface area contributed by atoms with Gasteiger partial charge in [0.25, 0.3) is 8.32 Å². The Morgan fingerprint density at radius 1 is 1.37 bits per heavy atom. The third kappa shape index (κ3) is 3.53. The first-order chi connectivity index (χ1) is 8.45. The van der Waals surface area contributed by atoms with Crippen molar-refractivity contribution in [2.75, 3.05) is 0 Å². The molecule has 0 unspecified atom stereocenters. The lowest BCUT2D eigenvalue weighted by Gasteiger charge is -2.36. The number of nitro benzene ring substituents is 1. The van der Waals surface area contributed by atoms with Crippen LogP contribution in [0.25, 0.3) is 0 Å². The normalized spacial score (nSPS) is 12.4. The Morgan fingerprint density at radius 2 is 1.89 bits per heavy atom. The molecule has 0 radical (unpaired) electrons. The molecule has 106 valence electrons. The molecule has 0 atom stereocenters. The van der Waals surface area contributed by atoms with E-state index in [9.17, 15) is 14.5 Å². The first kappa shape index (κ1) is 16.1. The zero-order valence-electron chi connectivity index (χ0n) is 11.6. The minimum atomic E-state index is -2.33. The van der Waals surface area contributed by atoms with Crippen LogP contribution in [0.3, 0.4) is 0 Å². The van der Waals surface area contributed by atoms with Gasteiger partial charge in [-0.25, -0.2) is 4.39 Å². The van der Waals surface area contributed by atoms with E-state index in [-0.39, 0.29) is 16.5 Å². The van der Waals surface area contributed by atoms with Gasteiger partial charge in [-0.15, -0.1) is 0 Å². The number of hydrogen-bond acceptors (Lipinski definition) is 3. The number of nitrogens with zero attached hydrogens (tertiary/aromatic N) is 1. The van der Waals surface area contributed by atoms with Crippen LogP contribution in [0.15, 0.2) is 16.6 Å². The average molecular weight is 350 g/mol. The van der Waals surface area contributed by atoms with Crippen molar-refractivity contribution in [3.63, 3.8) is 0 Å². The standard InChI is InChI=1S/C12H17BrFNO3Si/c1-12(2,3)19(4,5)18-11-9(14)6-8(13)7-10(11)15(16)17/h6-7H,1-5H3. The number of benzene rings is 1. The summed E-state index contributed by atoms with van der Waals surface area (Å²) in [6, 6.07) is 2.43. The lowest BCUT2D eigenvalue weighted by Crippen LogP contribution is -2.44. The van der Waals surface area contributed by atoms with Gasteiger partial charge in [0.05, 0.1) is 4.92 Å². The molecule has 0 aromatic heterocycles. The molecule has 0 N–H and O–H groups in total. The summed E-state index contributed by atoms with van der Waals surface area (Å²) in [7, 11) is -2.33. The molecule has 0 fully saturated rings. The molecular formula is C12H17BrFNO3Si. The summed E-state index contributed by atoms with van der Waals surface area (Å²) in [5.74, 6) is -0.981. The maximum Gasteiger partial charge on any atom is 0.313 e. The van der Waals surface area contributed by atoms with Gasteiger partial charge in [-0.2, -0.15) is 0 Å². The zero-order valence-corrected chi connectivity index (χ0v) is 14.2. The van der Waals surface area contributed by atoms with Gasteiger partial charge < -0.3 is 4.43 Å². The molecule has 4 nitrogen and oxygen atoms in total. The summed E-state index contributed by atoms with van der Waals surface area (Å²) in [6.45, 7) is 9.79. The first-order valence-corrected chi connectivity index (χ1v) is 9.48. The third-order valence-corrected chi connectivity index (χ3v) is 8.13. The summed E-state index contributed by atoms with van der Waals surface area (Å²) >= 11 is 3.05. The van der Waals surface area contributed by atoms with E-state index in [0.29, 0.717) is 4.47 Å². The molecule has 1 aromatic rings. The van der Waals surface area contributed by atoms with Crippen LogP contribution >= 0.6 is 15.9 Å².